The highest BCUT2D eigenvalue weighted by Gasteiger charge is 2.22. The van der Waals surface area contributed by atoms with Gasteiger partial charge in [0.15, 0.2) is 6.10 Å². The average molecular weight is 426 g/mol. The molecular weight excluding hydrogens is 402 g/mol. The summed E-state index contributed by atoms with van der Waals surface area (Å²) >= 11 is 1.21. The summed E-state index contributed by atoms with van der Waals surface area (Å²) < 4.78 is 31.9. The van der Waals surface area contributed by atoms with Gasteiger partial charge < -0.3 is 10.1 Å². The Hall–Kier alpha value is -2.30. The van der Waals surface area contributed by atoms with Crippen molar-refractivity contribution in [3.05, 3.63) is 39.8 Å². The van der Waals surface area contributed by atoms with Crippen molar-refractivity contribution in [3.8, 4) is 0 Å². The van der Waals surface area contributed by atoms with Crippen LogP contribution in [-0.2, 0) is 19.6 Å². The molecule has 0 bridgehead atoms. The molecule has 2 aromatic rings. The van der Waals surface area contributed by atoms with Crippen molar-refractivity contribution in [2.75, 3.05) is 5.32 Å². The van der Waals surface area contributed by atoms with Crippen molar-refractivity contribution in [3.63, 3.8) is 0 Å². The van der Waals surface area contributed by atoms with Gasteiger partial charge in [-0.15, -0.1) is 11.3 Å². The predicted octanol–water partition coefficient (Wildman–Crippen LogP) is 2.63. The maximum Gasteiger partial charge on any atom is 0.351 e. The minimum absolute atomic E-state index is 0.0923. The largest absolute Gasteiger partial charge is 0.448 e. The van der Waals surface area contributed by atoms with E-state index in [4.69, 9.17) is 4.74 Å². The molecule has 2 N–H and O–H groups in total. The molecule has 0 aliphatic rings. The van der Waals surface area contributed by atoms with Gasteiger partial charge in [0.1, 0.15) is 4.88 Å². The van der Waals surface area contributed by atoms with Crippen LogP contribution in [0.15, 0.2) is 29.2 Å². The summed E-state index contributed by atoms with van der Waals surface area (Å²) in [4.78, 5) is 29.1. The molecule has 0 aliphatic heterocycles. The van der Waals surface area contributed by atoms with Gasteiger partial charge in [0, 0.05) is 11.7 Å². The van der Waals surface area contributed by atoms with E-state index in [1.807, 2.05) is 0 Å². The first-order valence-corrected chi connectivity index (χ1v) is 10.9. The number of anilines is 1. The van der Waals surface area contributed by atoms with E-state index in [2.05, 4.69) is 15.0 Å². The Morgan fingerprint density at radius 3 is 2.21 bits per heavy atom. The Balaban J connectivity index is 2.00. The van der Waals surface area contributed by atoms with Crippen LogP contribution in [0.25, 0.3) is 0 Å². The van der Waals surface area contributed by atoms with E-state index in [0.29, 0.717) is 16.3 Å². The number of ether oxygens (including phenoxy) is 1. The maximum atomic E-state index is 12.3. The lowest BCUT2D eigenvalue weighted by Crippen LogP contribution is -2.30. The summed E-state index contributed by atoms with van der Waals surface area (Å²) in [7, 11) is -3.61. The summed E-state index contributed by atoms with van der Waals surface area (Å²) in [6.07, 6.45) is -1.03. The summed E-state index contributed by atoms with van der Waals surface area (Å²) in [5.74, 6) is -1.13. The predicted molar refractivity (Wildman–Crippen MR) is 107 cm³/mol. The summed E-state index contributed by atoms with van der Waals surface area (Å²) in [6.45, 7) is 8.40. The zero-order valence-electron chi connectivity index (χ0n) is 16.3. The van der Waals surface area contributed by atoms with Gasteiger partial charge in [-0.3, -0.25) is 4.79 Å². The number of sulfonamides is 1. The van der Waals surface area contributed by atoms with Crippen molar-refractivity contribution in [2.24, 2.45) is 0 Å². The number of aromatic nitrogens is 1. The van der Waals surface area contributed by atoms with E-state index in [0.717, 1.165) is 5.01 Å². The molecule has 1 amide bonds. The summed E-state index contributed by atoms with van der Waals surface area (Å²) in [5.41, 5.74) is 0.952. The number of nitrogens with one attached hydrogen (secondary N) is 2. The Morgan fingerprint density at radius 1 is 1.11 bits per heavy atom. The van der Waals surface area contributed by atoms with Gasteiger partial charge in [-0.2, -0.15) is 0 Å². The molecule has 0 fully saturated rings. The summed E-state index contributed by atoms with van der Waals surface area (Å²) in [5, 5.41) is 3.33. The number of nitrogens with zero attached hydrogens (tertiary/aromatic N) is 1. The van der Waals surface area contributed by atoms with Gasteiger partial charge in [-0.1, -0.05) is 0 Å². The molecule has 152 valence electrons. The number of hydrogen-bond acceptors (Lipinski definition) is 7. The Bertz CT molecular complexity index is 966. The van der Waals surface area contributed by atoms with Crippen molar-refractivity contribution >= 4 is 38.9 Å². The Morgan fingerprint density at radius 2 is 1.71 bits per heavy atom. The first-order valence-electron chi connectivity index (χ1n) is 8.58. The van der Waals surface area contributed by atoms with Gasteiger partial charge in [0.25, 0.3) is 5.91 Å². The molecule has 0 unspecified atom stereocenters. The van der Waals surface area contributed by atoms with Gasteiger partial charge in [-0.25, -0.2) is 22.9 Å². The van der Waals surface area contributed by atoms with Crippen LogP contribution in [0.3, 0.4) is 0 Å². The number of hydrogen-bond donors (Lipinski definition) is 2. The molecule has 0 spiro atoms. The standard InChI is InChI=1S/C18H23N3O5S2/c1-10(2)21-28(24,25)15-8-6-14(7-9-15)20-17(22)12(4)26-18(23)16-11(3)19-13(5)27-16/h6-10,12,21H,1-5H3,(H,20,22)/t12-/m1/s1. The fraction of sp³-hybridized carbons (Fsp3) is 0.389. The van der Waals surface area contributed by atoms with Crippen LogP contribution in [-0.4, -0.2) is 37.4 Å². The fourth-order valence-electron chi connectivity index (χ4n) is 2.33. The zero-order chi connectivity index (χ0) is 21.1. The molecule has 28 heavy (non-hydrogen) atoms. The monoisotopic (exact) mass is 425 g/mol. The van der Waals surface area contributed by atoms with E-state index >= 15 is 0 Å². The molecule has 8 nitrogen and oxygen atoms in total. The van der Waals surface area contributed by atoms with Crippen LogP contribution in [0.2, 0.25) is 0 Å². The van der Waals surface area contributed by atoms with Crippen LogP contribution >= 0.6 is 11.3 Å². The second kappa shape index (κ2) is 8.80. The van der Waals surface area contributed by atoms with Crippen LogP contribution in [0.1, 0.15) is 41.1 Å². The third-order valence-electron chi connectivity index (χ3n) is 3.56. The van der Waals surface area contributed by atoms with E-state index in [1.165, 1.54) is 42.5 Å². The molecule has 0 aliphatic carbocycles. The van der Waals surface area contributed by atoms with Crippen molar-refractivity contribution in [2.45, 2.75) is 51.7 Å². The second-order valence-electron chi connectivity index (χ2n) is 6.48. The third-order valence-corrected chi connectivity index (χ3v) is 6.29. The van der Waals surface area contributed by atoms with Crippen LogP contribution < -0.4 is 10.0 Å². The lowest BCUT2D eigenvalue weighted by molar-refractivity contribution is -0.123. The second-order valence-corrected chi connectivity index (χ2v) is 9.40. The minimum Gasteiger partial charge on any atom is -0.448 e. The average Bonchev–Trinajstić information content (AvgIpc) is 2.92. The number of esters is 1. The molecule has 1 aromatic carbocycles. The number of thiazole rings is 1. The molecule has 0 saturated carbocycles. The number of carbonyl (C=O) groups is 2. The van der Waals surface area contributed by atoms with Crippen LogP contribution in [0.4, 0.5) is 5.69 Å². The maximum absolute atomic E-state index is 12.3. The van der Waals surface area contributed by atoms with Crippen LogP contribution in [0.5, 0.6) is 0 Å². The molecule has 0 radical (unpaired) electrons. The normalized spacial score (nSPS) is 12.6. The van der Waals surface area contributed by atoms with E-state index < -0.39 is 28.0 Å². The lowest BCUT2D eigenvalue weighted by atomic mass is 10.3. The van der Waals surface area contributed by atoms with E-state index in [9.17, 15) is 18.0 Å². The summed E-state index contributed by atoms with van der Waals surface area (Å²) in [6, 6.07) is 5.49. The Labute approximate surface area is 168 Å². The topological polar surface area (TPSA) is 114 Å². The van der Waals surface area contributed by atoms with Gasteiger partial charge >= 0.3 is 5.97 Å². The molecule has 0 saturated heterocycles. The SMILES string of the molecule is Cc1nc(C)c(C(=O)O[C@H](C)C(=O)Nc2ccc(S(=O)(=O)NC(C)C)cc2)s1. The van der Waals surface area contributed by atoms with Gasteiger partial charge in [0.2, 0.25) is 10.0 Å². The molecule has 10 heteroatoms. The molecular formula is C18H23N3O5S2. The molecule has 1 atom stereocenters. The van der Waals surface area contributed by atoms with E-state index in [-0.39, 0.29) is 10.9 Å². The lowest BCUT2D eigenvalue weighted by Gasteiger charge is -2.14. The minimum atomic E-state index is -3.61. The zero-order valence-corrected chi connectivity index (χ0v) is 17.9. The first-order chi connectivity index (χ1) is 13.0. The Kier molecular flexibility index (Phi) is 6.91. The number of amides is 1. The van der Waals surface area contributed by atoms with Crippen molar-refractivity contribution in [1.29, 1.82) is 0 Å². The first kappa shape index (κ1) is 22.0. The molecule has 1 heterocycles. The van der Waals surface area contributed by atoms with Crippen molar-refractivity contribution in [1.82, 2.24) is 9.71 Å². The highest BCUT2D eigenvalue weighted by Crippen LogP contribution is 2.19. The van der Waals surface area contributed by atoms with Gasteiger partial charge in [-0.05, 0) is 58.9 Å². The highest BCUT2D eigenvalue weighted by molar-refractivity contribution is 7.89. The number of carbonyl (C=O) groups excluding carboxylic acids is 2. The fourth-order valence-corrected chi connectivity index (χ4v) is 4.38. The quantitative estimate of drug-likeness (QED) is 0.659. The number of benzene rings is 1. The van der Waals surface area contributed by atoms with Crippen LogP contribution in [0, 0.1) is 13.8 Å². The smallest absolute Gasteiger partial charge is 0.351 e. The number of aryl methyl sites for hydroxylation is 2. The van der Waals surface area contributed by atoms with E-state index in [1.54, 1.807) is 27.7 Å². The van der Waals surface area contributed by atoms with Gasteiger partial charge in [0.05, 0.1) is 15.6 Å². The number of rotatable bonds is 7. The van der Waals surface area contributed by atoms with Crippen molar-refractivity contribution < 1.29 is 22.7 Å². The molecule has 1 aromatic heterocycles. The highest BCUT2D eigenvalue weighted by atomic mass is 32.2. The molecule has 2 rings (SSSR count). The third kappa shape index (κ3) is 5.60.